The fraction of sp³-hybridized carbons (Fsp3) is 0.486. The maximum Gasteiger partial charge on any atom is 0.319 e. The minimum absolute atomic E-state index is 0.00927. The molecular formula is C35H37ClF3N7O2. The van der Waals surface area contributed by atoms with Crippen molar-refractivity contribution in [2.75, 3.05) is 56.6 Å². The third-order valence-electron chi connectivity index (χ3n) is 10.5. The molecule has 0 radical (unpaired) electrons. The molecule has 4 atom stereocenters. The second kappa shape index (κ2) is 12.1. The number of amides is 1. The minimum Gasteiger partial charge on any atom is -0.458 e. The molecule has 1 aromatic heterocycles. The lowest BCUT2D eigenvalue weighted by Crippen LogP contribution is -2.57. The molecule has 4 aliphatic rings. The molecule has 2 aliphatic carbocycles. The molecule has 0 bridgehead atoms. The van der Waals surface area contributed by atoms with Crippen LogP contribution in [0.1, 0.15) is 30.5 Å². The van der Waals surface area contributed by atoms with Crippen LogP contribution in [0.15, 0.2) is 48.8 Å². The molecule has 3 fully saturated rings. The van der Waals surface area contributed by atoms with Gasteiger partial charge in [0.2, 0.25) is 6.54 Å². The summed E-state index contributed by atoms with van der Waals surface area (Å²) in [4.78, 5) is 33.5. The average molecular weight is 680 g/mol. The van der Waals surface area contributed by atoms with E-state index < -0.39 is 35.2 Å². The van der Waals surface area contributed by atoms with Gasteiger partial charge in [-0.2, -0.15) is 9.97 Å². The third-order valence-corrected chi connectivity index (χ3v) is 10.8. The van der Waals surface area contributed by atoms with Crippen molar-refractivity contribution in [1.82, 2.24) is 19.8 Å². The van der Waals surface area contributed by atoms with Crippen LogP contribution < -0.4 is 14.5 Å². The van der Waals surface area contributed by atoms with Gasteiger partial charge in [-0.3, -0.25) is 4.79 Å². The van der Waals surface area contributed by atoms with Crippen molar-refractivity contribution in [2.45, 2.75) is 56.3 Å². The molecule has 1 amide bonds. The quantitative estimate of drug-likeness (QED) is 0.232. The second-order valence-corrected chi connectivity index (χ2v) is 14.0. The Kier molecular flexibility index (Phi) is 8.19. The van der Waals surface area contributed by atoms with Gasteiger partial charge in [-0.05, 0) is 50.9 Å². The zero-order chi connectivity index (χ0) is 34.0. The van der Waals surface area contributed by atoms with Crippen LogP contribution in [-0.2, 0) is 17.8 Å². The molecule has 252 valence electrons. The summed E-state index contributed by atoms with van der Waals surface area (Å²) in [5.74, 6) is -3.96. The van der Waals surface area contributed by atoms with E-state index in [0.717, 1.165) is 27.7 Å². The van der Waals surface area contributed by atoms with E-state index in [1.54, 1.807) is 0 Å². The maximum absolute atomic E-state index is 14.5. The summed E-state index contributed by atoms with van der Waals surface area (Å²) in [6.07, 6.45) is 0.466. The Hall–Kier alpha value is -4.08. The Bertz CT molecular complexity index is 1830. The molecule has 48 heavy (non-hydrogen) atoms. The number of piperazine rings is 1. The zero-order valence-corrected chi connectivity index (χ0v) is 27.7. The van der Waals surface area contributed by atoms with Gasteiger partial charge in [0.05, 0.1) is 17.3 Å². The molecule has 2 aliphatic heterocycles. The number of likely N-dealkylation sites (N-methyl/N-ethyl adjacent to an activating group) is 1. The lowest BCUT2D eigenvalue weighted by atomic mass is 10.0. The fourth-order valence-corrected chi connectivity index (χ4v) is 8.19. The van der Waals surface area contributed by atoms with Crippen molar-refractivity contribution in [3.8, 4) is 6.01 Å². The summed E-state index contributed by atoms with van der Waals surface area (Å²) >= 11 is 6.69. The number of ether oxygens (including phenoxy) is 1. The normalized spacial score (nSPS) is 26.1. The average Bonchev–Trinajstić information content (AvgIpc) is 3.38. The molecule has 1 unspecified atom stereocenters. The van der Waals surface area contributed by atoms with E-state index >= 15 is 0 Å². The zero-order valence-electron chi connectivity index (χ0n) is 26.9. The highest BCUT2D eigenvalue weighted by molar-refractivity contribution is 6.36. The van der Waals surface area contributed by atoms with E-state index in [4.69, 9.17) is 32.9 Å². The van der Waals surface area contributed by atoms with Crippen LogP contribution >= 0.6 is 11.6 Å². The number of carbonyl (C=O) groups excluding carboxylic acids is 1. The standard InChI is InChI=1S/C35H37ClF3N7O2/c1-21(37)32(47)46-14-13-45(18-23(46)17-40-2)31-24-11-12-44(27-10-6-8-22-7-5-9-25(36)30(22)27)19-26(24)41-33(42-31)48-29-16-34(20-35(34,38)39)15-28(29)43(3)4/h5-10,23,28-29H,1,11-20H2,3-4H3/t23-,28+,29+,34?/m0/s1. The number of hydrogen-bond acceptors (Lipinski definition) is 7. The molecule has 3 heterocycles. The monoisotopic (exact) mass is 679 g/mol. The van der Waals surface area contributed by atoms with E-state index in [-0.39, 0.29) is 44.5 Å². The van der Waals surface area contributed by atoms with E-state index in [2.05, 4.69) is 16.3 Å². The van der Waals surface area contributed by atoms with Crippen LogP contribution in [0.4, 0.5) is 24.7 Å². The van der Waals surface area contributed by atoms with E-state index in [9.17, 15) is 18.0 Å². The largest absolute Gasteiger partial charge is 0.458 e. The first kappa shape index (κ1) is 32.5. The maximum atomic E-state index is 14.5. The van der Waals surface area contributed by atoms with Crippen molar-refractivity contribution >= 4 is 39.8 Å². The summed E-state index contributed by atoms with van der Waals surface area (Å²) in [5.41, 5.74) is 1.57. The number of alkyl halides is 2. The van der Waals surface area contributed by atoms with Crippen molar-refractivity contribution in [2.24, 2.45) is 5.41 Å². The summed E-state index contributed by atoms with van der Waals surface area (Å²) in [6, 6.07) is 11.2. The highest BCUT2D eigenvalue weighted by Gasteiger charge is 2.75. The molecule has 13 heteroatoms. The molecule has 2 saturated carbocycles. The van der Waals surface area contributed by atoms with Gasteiger partial charge in [0.1, 0.15) is 18.0 Å². The van der Waals surface area contributed by atoms with Crippen molar-refractivity contribution in [3.63, 3.8) is 0 Å². The molecule has 0 N–H and O–H groups in total. The van der Waals surface area contributed by atoms with Crippen LogP contribution in [0.5, 0.6) is 6.01 Å². The van der Waals surface area contributed by atoms with Crippen molar-refractivity contribution < 1.29 is 22.7 Å². The van der Waals surface area contributed by atoms with E-state index in [1.807, 2.05) is 60.3 Å². The highest BCUT2D eigenvalue weighted by atomic mass is 35.5. The summed E-state index contributed by atoms with van der Waals surface area (Å²) in [5, 5.41) is 2.62. The van der Waals surface area contributed by atoms with Gasteiger partial charge in [0.15, 0.2) is 5.83 Å². The second-order valence-electron chi connectivity index (χ2n) is 13.6. The van der Waals surface area contributed by atoms with Gasteiger partial charge in [0, 0.05) is 60.7 Å². The Balaban J connectivity index is 1.25. The number of halogens is 4. The first-order chi connectivity index (χ1) is 22.9. The highest BCUT2D eigenvalue weighted by Crippen LogP contribution is 2.69. The Morgan fingerprint density at radius 3 is 2.58 bits per heavy atom. The Morgan fingerprint density at radius 1 is 1.15 bits per heavy atom. The molecule has 9 nitrogen and oxygen atoms in total. The van der Waals surface area contributed by atoms with Crippen LogP contribution in [0, 0.1) is 12.0 Å². The Labute approximate surface area is 282 Å². The predicted molar refractivity (Wildman–Crippen MR) is 178 cm³/mol. The minimum atomic E-state index is -2.71. The van der Waals surface area contributed by atoms with Crippen LogP contribution in [0.2, 0.25) is 5.02 Å². The lowest BCUT2D eigenvalue weighted by Gasteiger charge is -2.41. The number of aromatic nitrogens is 2. The van der Waals surface area contributed by atoms with Crippen molar-refractivity contribution in [1.29, 1.82) is 0 Å². The number of fused-ring (bicyclic) bond motifs is 2. The smallest absolute Gasteiger partial charge is 0.319 e. The summed E-state index contributed by atoms with van der Waals surface area (Å²) in [7, 11) is 3.74. The first-order valence-corrected chi connectivity index (χ1v) is 16.6. The molecule has 1 saturated heterocycles. The molecule has 3 aromatic rings. The van der Waals surface area contributed by atoms with E-state index in [0.29, 0.717) is 43.3 Å². The topological polar surface area (TPSA) is 69.4 Å². The summed E-state index contributed by atoms with van der Waals surface area (Å²) in [6.45, 7) is 12.5. The van der Waals surface area contributed by atoms with Crippen molar-refractivity contribution in [3.05, 3.63) is 76.5 Å². The van der Waals surface area contributed by atoms with Gasteiger partial charge in [-0.1, -0.05) is 42.4 Å². The Morgan fingerprint density at radius 2 is 1.90 bits per heavy atom. The van der Waals surface area contributed by atoms with Crippen LogP contribution in [0.3, 0.4) is 0 Å². The number of nitrogens with zero attached hydrogens (tertiary/aromatic N) is 7. The first-order valence-electron chi connectivity index (χ1n) is 16.2. The number of carbonyl (C=O) groups is 1. The van der Waals surface area contributed by atoms with E-state index in [1.165, 1.54) is 4.90 Å². The predicted octanol–water partition coefficient (Wildman–Crippen LogP) is 5.76. The SMILES string of the molecule is [C-]#[N+]C[C@H]1CN(c2nc(O[C@@H]3CC4(C[C@H]3N(C)C)CC4(F)F)nc3c2CCN(c2cccc4cccc(Cl)c24)C3)CCN1C(=O)C(=C)F. The van der Waals surface area contributed by atoms with Gasteiger partial charge in [-0.25, -0.2) is 19.7 Å². The molecule has 2 aromatic carbocycles. The molecular weight excluding hydrogens is 643 g/mol. The lowest BCUT2D eigenvalue weighted by molar-refractivity contribution is -0.131. The third kappa shape index (κ3) is 5.60. The molecule has 1 spiro atoms. The van der Waals surface area contributed by atoms with Crippen LogP contribution in [-0.4, -0.2) is 96.6 Å². The summed E-state index contributed by atoms with van der Waals surface area (Å²) < 4.78 is 49.5. The number of benzene rings is 2. The number of anilines is 2. The number of hydrogen-bond donors (Lipinski definition) is 0. The van der Waals surface area contributed by atoms with Gasteiger partial charge < -0.3 is 29.2 Å². The van der Waals surface area contributed by atoms with Gasteiger partial charge in [-0.15, -0.1) is 0 Å². The van der Waals surface area contributed by atoms with Crippen LogP contribution in [0.25, 0.3) is 15.6 Å². The van der Waals surface area contributed by atoms with Gasteiger partial charge >= 0.3 is 6.01 Å². The molecule has 7 rings (SSSR count). The van der Waals surface area contributed by atoms with Gasteiger partial charge in [0.25, 0.3) is 11.8 Å². The fourth-order valence-electron chi connectivity index (χ4n) is 7.91. The number of rotatable bonds is 7.